The molecule has 1 saturated carbocycles. The molecule has 0 aromatic rings. The molecule has 21 heavy (non-hydrogen) atoms. The number of rotatable bonds is 6. The van der Waals surface area contributed by atoms with Gasteiger partial charge in [0.05, 0.1) is 5.41 Å². The Bertz CT molecular complexity index is 418. The minimum atomic E-state index is -0.763. The molecule has 120 valence electrons. The van der Waals surface area contributed by atoms with Crippen molar-refractivity contribution in [1.29, 1.82) is 0 Å². The van der Waals surface area contributed by atoms with E-state index in [0.717, 1.165) is 6.42 Å². The number of hydrogen-bond acceptors (Lipinski definition) is 2. The van der Waals surface area contributed by atoms with Crippen molar-refractivity contribution in [2.24, 2.45) is 16.7 Å². The highest BCUT2D eigenvalue weighted by molar-refractivity contribution is 5.79. The summed E-state index contributed by atoms with van der Waals surface area (Å²) in [5.41, 5.74) is -0.454. The van der Waals surface area contributed by atoms with Crippen LogP contribution in [0.25, 0.3) is 0 Å². The number of amides is 2. The first-order chi connectivity index (χ1) is 9.85. The van der Waals surface area contributed by atoms with E-state index in [1.54, 1.807) is 4.90 Å². The van der Waals surface area contributed by atoms with Crippen LogP contribution in [0.3, 0.4) is 0 Å². The predicted octanol–water partition coefficient (Wildman–Crippen LogP) is 2.71. The van der Waals surface area contributed by atoms with Gasteiger partial charge in [-0.1, -0.05) is 27.2 Å². The summed E-state index contributed by atoms with van der Waals surface area (Å²) >= 11 is 0. The molecule has 0 spiro atoms. The second-order valence-electron chi connectivity index (χ2n) is 7.18. The second kappa shape index (κ2) is 5.85. The van der Waals surface area contributed by atoms with Crippen LogP contribution in [0.2, 0.25) is 0 Å². The molecule has 2 N–H and O–H groups in total. The van der Waals surface area contributed by atoms with E-state index in [0.29, 0.717) is 38.4 Å². The summed E-state index contributed by atoms with van der Waals surface area (Å²) in [5.74, 6) is -0.185. The third-order valence-electron chi connectivity index (χ3n) is 5.53. The summed E-state index contributed by atoms with van der Waals surface area (Å²) in [4.78, 5) is 25.5. The van der Waals surface area contributed by atoms with Gasteiger partial charge in [-0.15, -0.1) is 0 Å². The molecule has 1 aliphatic carbocycles. The van der Waals surface area contributed by atoms with Crippen molar-refractivity contribution in [2.75, 3.05) is 19.6 Å². The van der Waals surface area contributed by atoms with Crippen LogP contribution >= 0.6 is 0 Å². The fourth-order valence-electron chi connectivity index (χ4n) is 3.49. The number of likely N-dealkylation sites (tertiary alicyclic amines) is 1. The molecule has 1 atom stereocenters. The Kier molecular flexibility index (Phi) is 4.49. The zero-order valence-corrected chi connectivity index (χ0v) is 13.4. The van der Waals surface area contributed by atoms with Gasteiger partial charge in [0.25, 0.3) is 0 Å². The molecule has 1 heterocycles. The van der Waals surface area contributed by atoms with Crippen molar-refractivity contribution in [3.05, 3.63) is 0 Å². The molecule has 1 unspecified atom stereocenters. The highest BCUT2D eigenvalue weighted by atomic mass is 16.4. The van der Waals surface area contributed by atoms with E-state index >= 15 is 0 Å². The molecular formula is C16H28N2O3. The second-order valence-corrected chi connectivity index (χ2v) is 7.18. The first kappa shape index (κ1) is 16.1. The molecule has 0 aromatic heterocycles. The lowest BCUT2D eigenvalue weighted by atomic mass is 9.83. The summed E-state index contributed by atoms with van der Waals surface area (Å²) in [5, 5.41) is 12.5. The summed E-state index contributed by atoms with van der Waals surface area (Å²) < 4.78 is 0. The maximum atomic E-state index is 12.3. The maximum Gasteiger partial charge on any atom is 0.317 e. The van der Waals surface area contributed by atoms with Crippen LogP contribution < -0.4 is 5.32 Å². The number of carboxylic acids is 1. The van der Waals surface area contributed by atoms with Crippen LogP contribution in [0.5, 0.6) is 0 Å². The van der Waals surface area contributed by atoms with E-state index in [-0.39, 0.29) is 11.4 Å². The number of carbonyl (C=O) groups is 2. The smallest absolute Gasteiger partial charge is 0.317 e. The molecule has 0 radical (unpaired) electrons. The number of nitrogens with zero attached hydrogens (tertiary/aromatic N) is 1. The molecule has 0 bridgehead atoms. The predicted molar refractivity (Wildman–Crippen MR) is 81.1 cm³/mol. The lowest BCUT2D eigenvalue weighted by Crippen LogP contribution is -2.44. The maximum absolute atomic E-state index is 12.3. The zero-order valence-electron chi connectivity index (χ0n) is 13.4. The normalized spacial score (nSPS) is 27.0. The van der Waals surface area contributed by atoms with E-state index in [1.807, 2.05) is 6.92 Å². The average Bonchev–Trinajstić information content (AvgIpc) is 3.10. The molecule has 2 fully saturated rings. The third kappa shape index (κ3) is 3.16. The van der Waals surface area contributed by atoms with Crippen molar-refractivity contribution in [3.63, 3.8) is 0 Å². The largest absolute Gasteiger partial charge is 0.481 e. The van der Waals surface area contributed by atoms with Gasteiger partial charge in [-0.2, -0.15) is 0 Å². The Labute approximate surface area is 127 Å². The van der Waals surface area contributed by atoms with E-state index in [2.05, 4.69) is 19.2 Å². The number of nitrogens with one attached hydrogen (secondary N) is 1. The molecule has 2 aliphatic rings. The zero-order chi connectivity index (χ0) is 15.7. The monoisotopic (exact) mass is 296 g/mol. The molecule has 1 aliphatic heterocycles. The summed E-state index contributed by atoms with van der Waals surface area (Å²) in [6.45, 7) is 8.00. The third-order valence-corrected chi connectivity index (χ3v) is 5.53. The topological polar surface area (TPSA) is 69.6 Å². The van der Waals surface area contributed by atoms with Crippen LogP contribution in [0, 0.1) is 16.7 Å². The van der Waals surface area contributed by atoms with Gasteiger partial charge in [0, 0.05) is 19.6 Å². The Morgan fingerprint density at radius 1 is 1.29 bits per heavy atom. The standard InChI is InChI=1S/C16H28N2O3/c1-4-5-16(13(19)20)8-9-18(11-16)14(21)17-10-15(6-7-15)12(2)3/h12H,4-11H2,1-3H3,(H,17,21)(H,19,20). The Balaban J connectivity index is 1.89. The van der Waals surface area contributed by atoms with Gasteiger partial charge in [0.15, 0.2) is 0 Å². The van der Waals surface area contributed by atoms with Crippen LogP contribution in [0.4, 0.5) is 4.79 Å². The van der Waals surface area contributed by atoms with E-state index in [1.165, 1.54) is 12.8 Å². The summed E-state index contributed by atoms with van der Waals surface area (Å²) in [7, 11) is 0. The van der Waals surface area contributed by atoms with Gasteiger partial charge in [-0.05, 0) is 37.0 Å². The molecule has 5 nitrogen and oxygen atoms in total. The van der Waals surface area contributed by atoms with Crippen molar-refractivity contribution in [1.82, 2.24) is 10.2 Å². The average molecular weight is 296 g/mol. The number of hydrogen-bond donors (Lipinski definition) is 2. The number of aliphatic carboxylic acids is 1. The summed E-state index contributed by atoms with van der Waals surface area (Å²) in [6.07, 6.45) is 4.40. The number of carboxylic acid groups (broad SMARTS) is 1. The number of urea groups is 1. The van der Waals surface area contributed by atoms with Gasteiger partial charge < -0.3 is 15.3 Å². The summed E-state index contributed by atoms with van der Waals surface area (Å²) in [6, 6.07) is -0.0962. The van der Waals surface area contributed by atoms with Gasteiger partial charge in [0.1, 0.15) is 0 Å². The SMILES string of the molecule is CCCC1(C(=O)O)CCN(C(=O)NCC2(C(C)C)CC2)C1. The Morgan fingerprint density at radius 3 is 2.43 bits per heavy atom. The van der Waals surface area contributed by atoms with Gasteiger partial charge in [0.2, 0.25) is 0 Å². The minimum Gasteiger partial charge on any atom is -0.481 e. The van der Waals surface area contributed by atoms with Gasteiger partial charge in [-0.25, -0.2) is 4.79 Å². The lowest BCUT2D eigenvalue weighted by molar-refractivity contribution is -0.148. The van der Waals surface area contributed by atoms with E-state index < -0.39 is 11.4 Å². The van der Waals surface area contributed by atoms with Crippen LogP contribution in [-0.2, 0) is 4.79 Å². The fourth-order valence-corrected chi connectivity index (χ4v) is 3.49. The van der Waals surface area contributed by atoms with E-state index in [9.17, 15) is 14.7 Å². The van der Waals surface area contributed by atoms with Crippen molar-refractivity contribution >= 4 is 12.0 Å². The molecular weight excluding hydrogens is 268 g/mol. The van der Waals surface area contributed by atoms with Crippen molar-refractivity contribution < 1.29 is 14.7 Å². The minimum absolute atomic E-state index is 0.0962. The van der Waals surface area contributed by atoms with Crippen LogP contribution in [0.15, 0.2) is 0 Å². The first-order valence-corrected chi connectivity index (χ1v) is 8.11. The molecule has 2 amide bonds. The number of carbonyl (C=O) groups excluding carboxylic acids is 1. The molecule has 1 saturated heterocycles. The molecule has 0 aromatic carbocycles. The quantitative estimate of drug-likeness (QED) is 0.791. The fraction of sp³-hybridized carbons (Fsp3) is 0.875. The highest BCUT2D eigenvalue weighted by Crippen LogP contribution is 2.51. The Hall–Kier alpha value is -1.26. The highest BCUT2D eigenvalue weighted by Gasteiger charge is 2.47. The van der Waals surface area contributed by atoms with E-state index in [4.69, 9.17) is 0 Å². The van der Waals surface area contributed by atoms with Crippen LogP contribution in [-0.4, -0.2) is 41.6 Å². The van der Waals surface area contributed by atoms with Crippen LogP contribution in [0.1, 0.15) is 52.9 Å². The van der Waals surface area contributed by atoms with Crippen molar-refractivity contribution in [2.45, 2.75) is 52.9 Å². The van der Waals surface area contributed by atoms with Gasteiger partial charge in [-0.3, -0.25) is 4.79 Å². The molecule has 5 heteroatoms. The van der Waals surface area contributed by atoms with Gasteiger partial charge >= 0.3 is 12.0 Å². The lowest BCUT2D eigenvalue weighted by Gasteiger charge is -2.26. The Morgan fingerprint density at radius 2 is 1.95 bits per heavy atom. The first-order valence-electron chi connectivity index (χ1n) is 8.11. The molecule has 2 rings (SSSR count). The van der Waals surface area contributed by atoms with Crippen molar-refractivity contribution in [3.8, 4) is 0 Å².